The van der Waals surface area contributed by atoms with Crippen LogP contribution < -0.4 is 5.73 Å². The van der Waals surface area contributed by atoms with Crippen molar-refractivity contribution >= 4 is 11.8 Å². The lowest BCUT2D eigenvalue weighted by Crippen LogP contribution is -2.05. The molecule has 2 N–H and O–H groups in total. The van der Waals surface area contributed by atoms with Gasteiger partial charge < -0.3 is 5.73 Å². The zero-order valence-electron chi connectivity index (χ0n) is 9.79. The average molecular weight is 224 g/mol. The number of hydrogen-bond donors (Lipinski definition) is 1. The monoisotopic (exact) mass is 224 g/mol. The van der Waals surface area contributed by atoms with E-state index in [9.17, 15) is 0 Å². The van der Waals surface area contributed by atoms with Crippen molar-refractivity contribution in [1.29, 1.82) is 0 Å². The largest absolute Gasteiger partial charge is 0.326 e. The molecule has 0 saturated heterocycles. The number of pyridine rings is 1. The molecule has 15 heavy (non-hydrogen) atoms. The Morgan fingerprint density at radius 3 is 2.53 bits per heavy atom. The first-order chi connectivity index (χ1) is 7.01. The molecule has 0 atom stereocenters. The molecule has 0 aliphatic heterocycles. The van der Waals surface area contributed by atoms with Gasteiger partial charge in [-0.1, -0.05) is 26.8 Å². The maximum Gasteiger partial charge on any atom is 0.0960 e. The van der Waals surface area contributed by atoms with E-state index < -0.39 is 0 Å². The molecule has 0 bridgehead atoms. The molecule has 0 spiro atoms. The molecule has 1 aromatic heterocycles. The standard InChI is InChI=1S/C12H20N2S/c1-12(2,3)6-7-15-11-5-4-10(8-13)9-14-11/h4-5,9H,6-8,13H2,1-3H3. The van der Waals surface area contributed by atoms with E-state index in [2.05, 4.69) is 31.8 Å². The number of nitrogens with two attached hydrogens (primary N) is 1. The van der Waals surface area contributed by atoms with Gasteiger partial charge in [0.15, 0.2) is 0 Å². The highest BCUT2D eigenvalue weighted by atomic mass is 32.2. The zero-order valence-corrected chi connectivity index (χ0v) is 10.6. The van der Waals surface area contributed by atoms with Crippen LogP contribution in [-0.2, 0) is 6.54 Å². The van der Waals surface area contributed by atoms with Crippen LogP contribution in [-0.4, -0.2) is 10.7 Å². The van der Waals surface area contributed by atoms with Crippen LogP contribution in [0.1, 0.15) is 32.8 Å². The van der Waals surface area contributed by atoms with Crippen LogP contribution in [0.15, 0.2) is 23.4 Å². The van der Waals surface area contributed by atoms with E-state index in [-0.39, 0.29) is 0 Å². The van der Waals surface area contributed by atoms with E-state index in [1.807, 2.05) is 24.0 Å². The van der Waals surface area contributed by atoms with Gasteiger partial charge in [-0.25, -0.2) is 4.98 Å². The Morgan fingerprint density at radius 2 is 2.07 bits per heavy atom. The summed E-state index contributed by atoms with van der Waals surface area (Å²) in [6.07, 6.45) is 3.07. The molecule has 84 valence electrons. The fourth-order valence-corrected chi connectivity index (χ4v) is 2.29. The van der Waals surface area contributed by atoms with Crippen molar-refractivity contribution in [2.45, 2.75) is 38.8 Å². The Balaban J connectivity index is 2.38. The third kappa shape index (κ3) is 5.19. The van der Waals surface area contributed by atoms with Gasteiger partial charge in [-0.2, -0.15) is 0 Å². The van der Waals surface area contributed by atoms with Crippen LogP contribution in [0.2, 0.25) is 0 Å². The fraction of sp³-hybridized carbons (Fsp3) is 0.583. The van der Waals surface area contributed by atoms with E-state index in [4.69, 9.17) is 5.73 Å². The summed E-state index contributed by atoms with van der Waals surface area (Å²) in [5.41, 5.74) is 7.01. The maximum absolute atomic E-state index is 5.51. The first kappa shape index (κ1) is 12.5. The minimum atomic E-state index is 0.407. The number of aromatic nitrogens is 1. The lowest BCUT2D eigenvalue weighted by molar-refractivity contribution is 0.401. The van der Waals surface area contributed by atoms with Crippen molar-refractivity contribution < 1.29 is 0 Å². The number of rotatable bonds is 4. The molecule has 1 heterocycles. The van der Waals surface area contributed by atoms with Gasteiger partial charge in [0.05, 0.1) is 5.03 Å². The van der Waals surface area contributed by atoms with Crippen LogP contribution in [0.25, 0.3) is 0 Å². The second-order valence-corrected chi connectivity index (χ2v) is 5.98. The van der Waals surface area contributed by atoms with Crippen LogP contribution in [0.5, 0.6) is 0 Å². The van der Waals surface area contributed by atoms with Crippen molar-refractivity contribution in [3.8, 4) is 0 Å². The smallest absolute Gasteiger partial charge is 0.0960 e. The zero-order chi connectivity index (χ0) is 11.3. The molecule has 0 radical (unpaired) electrons. The van der Waals surface area contributed by atoms with E-state index >= 15 is 0 Å². The topological polar surface area (TPSA) is 38.9 Å². The van der Waals surface area contributed by atoms with Crippen molar-refractivity contribution in [2.75, 3.05) is 5.75 Å². The number of hydrogen-bond acceptors (Lipinski definition) is 3. The van der Waals surface area contributed by atoms with Crippen molar-refractivity contribution in [2.24, 2.45) is 11.1 Å². The van der Waals surface area contributed by atoms with Crippen LogP contribution in [0.3, 0.4) is 0 Å². The molecule has 0 amide bonds. The highest BCUT2D eigenvalue weighted by Crippen LogP contribution is 2.24. The quantitative estimate of drug-likeness (QED) is 0.799. The first-order valence-corrected chi connectivity index (χ1v) is 6.27. The molecular weight excluding hydrogens is 204 g/mol. The Bertz CT molecular complexity index is 287. The fourth-order valence-electron chi connectivity index (χ4n) is 1.08. The highest BCUT2D eigenvalue weighted by molar-refractivity contribution is 7.99. The molecule has 0 saturated carbocycles. The number of nitrogens with zero attached hydrogens (tertiary/aromatic N) is 1. The normalized spacial score (nSPS) is 11.7. The van der Waals surface area contributed by atoms with Gasteiger partial charge in [0.2, 0.25) is 0 Å². The van der Waals surface area contributed by atoms with Gasteiger partial charge >= 0.3 is 0 Å². The Morgan fingerprint density at radius 1 is 1.33 bits per heavy atom. The van der Waals surface area contributed by atoms with Crippen molar-refractivity contribution in [3.63, 3.8) is 0 Å². The van der Waals surface area contributed by atoms with E-state index in [0.29, 0.717) is 12.0 Å². The summed E-state index contributed by atoms with van der Waals surface area (Å²) >= 11 is 1.81. The van der Waals surface area contributed by atoms with Crippen LogP contribution in [0, 0.1) is 5.41 Å². The minimum absolute atomic E-state index is 0.407. The van der Waals surface area contributed by atoms with Gasteiger partial charge in [0.25, 0.3) is 0 Å². The molecule has 0 unspecified atom stereocenters. The predicted molar refractivity (Wildman–Crippen MR) is 66.9 cm³/mol. The van der Waals surface area contributed by atoms with Gasteiger partial charge in [0.1, 0.15) is 0 Å². The van der Waals surface area contributed by atoms with Crippen molar-refractivity contribution in [3.05, 3.63) is 23.9 Å². The van der Waals surface area contributed by atoms with E-state index in [1.54, 1.807) is 0 Å². The molecule has 0 aliphatic carbocycles. The summed E-state index contributed by atoms with van der Waals surface area (Å²) < 4.78 is 0. The summed E-state index contributed by atoms with van der Waals surface area (Å²) in [5.74, 6) is 1.12. The predicted octanol–water partition coefficient (Wildman–Crippen LogP) is 3.07. The van der Waals surface area contributed by atoms with Gasteiger partial charge in [-0.15, -0.1) is 11.8 Å². The molecular formula is C12H20N2S. The minimum Gasteiger partial charge on any atom is -0.326 e. The van der Waals surface area contributed by atoms with E-state index in [1.165, 1.54) is 6.42 Å². The van der Waals surface area contributed by atoms with E-state index in [0.717, 1.165) is 16.3 Å². The maximum atomic E-state index is 5.51. The summed E-state index contributed by atoms with van der Waals surface area (Å²) in [4.78, 5) is 4.35. The molecule has 0 fully saturated rings. The SMILES string of the molecule is CC(C)(C)CCSc1ccc(CN)cn1. The molecule has 1 aromatic rings. The molecule has 1 rings (SSSR count). The van der Waals surface area contributed by atoms with Crippen LogP contribution >= 0.6 is 11.8 Å². The third-order valence-electron chi connectivity index (χ3n) is 2.14. The Kier molecular flexibility index (Phi) is 4.61. The Hall–Kier alpha value is -0.540. The second-order valence-electron chi connectivity index (χ2n) is 4.87. The van der Waals surface area contributed by atoms with Gasteiger partial charge in [0, 0.05) is 12.7 Å². The number of thioether (sulfide) groups is 1. The highest BCUT2D eigenvalue weighted by Gasteiger charge is 2.09. The lowest BCUT2D eigenvalue weighted by Gasteiger charge is -2.16. The lowest BCUT2D eigenvalue weighted by atomic mass is 9.94. The molecule has 0 aromatic carbocycles. The summed E-state index contributed by atoms with van der Waals surface area (Å²) in [6, 6.07) is 4.10. The third-order valence-corrected chi connectivity index (χ3v) is 3.08. The molecule has 0 aliphatic rings. The van der Waals surface area contributed by atoms with Crippen molar-refractivity contribution in [1.82, 2.24) is 4.98 Å². The average Bonchev–Trinajstić information content (AvgIpc) is 2.17. The summed E-state index contributed by atoms with van der Waals surface area (Å²) in [6.45, 7) is 7.36. The van der Waals surface area contributed by atoms with Gasteiger partial charge in [-0.3, -0.25) is 0 Å². The summed E-state index contributed by atoms with van der Waals surface area (Å²) in [7, 11) is 0. The molecule has 2 nitrogen and oxygen atoms in total. The second kappa shape index (κ2) is 5.52. The van der Waals surface area contributed by atoms with Gasteiger partial charge in [-0.05, 0) is 29.2 Å². The molecule has 3 heteroatoms. The summed E-state index contributed by atoms with van der Waals surface area (Å²) in [5, 5.41) is 1.09. The Labute approximate surface area is 96.7 Å². The van der Waals surface area contributed by atoms with Crippen LogP contribution in [0.4, 0.5) is 0 Å². The first-order valence-electron chi connectivity index (χ1n) is 5.29.